The van der Waals surface area contributed by atoms with Gasteiger partial charge in [0.15, 0.2) is 5.82 Å². The van der Waals surface area contributed by atoms with Crippen molar-refractivity contribution in [2.75, 3.05) is 38.2 Å². The van der Waals surface area contributed by atoms with Gasteiger partial charge in [-0.05, 0) is 77.7 Å². The van der Waals surface area contributed by atoms with Gasteiger partial charge >= 0.3 is 0 Å². The number of pyridine rings is 1. The summed E-state index contributed by atoms with van der Waals surface area (Å²) in [7, 11) is 1.68. The van der Waals surface area contributed by atoms with Crippen molar-refractivity contribution in [1.82, 2.24) is 30.1 Å². The van der Waals surface area contributed by atoms with Crippen LogP contribution in [-0.2, 0) is 13.0 Å². The molecule has 1 atom stereocenters. The minimum Gasteiger partial charge on any atom is -0.497 e. The second kappa shape index (κ2) is 11.5. The van der Waals surface area contributed by atoms with Crippen molar-refractivity contribution in [3.8, 4) is 5.75 Å². The van der Waals surface area contributed by atoms with E-state index in [1.807, 2.05) is 54.1 Å². The molecule has 0 radical (unpaired) electrons. The molecule has 3 aromatic carbocycles. The number of tetrazole rings is 1. The zero-order valence-corrected chi connectivity index (χ0v) is 23.7. The van der Waals surface area contributed by atoms with E-state index in [4.69, 9.17) is 4.74 Å². The molecular formula is C32H35N7O2. The number of hydrogen-bond donors (Lipinski definition) is 1. The Labute approximate surface area is 239 Å². The topological polar surface area (TPSA) is 92.2 Å². The molecule has 0 aliphatic carbocycles. The lowest BCUT2D eigenvalue weighted by molar-refractivity contribution is 0.199. The number of H-pyrrole nitrogens is 1. The van der Waals surface area contributed by atoms with Crippen molar-refractivity contribution in [3.05, 3.63) is 111 Å². The van der Waals surface area contributed by atoms with Gasteiger partial charge in [0.25, 0.3) is 5.56 Å². The Morgan fingerprint density at radius 2 is 1.66 bits per heavy atom. The first-order chi connectivity index (χ1) is 20.0. The predicted molar refractivity (Wildman–Crippen MR) is 161 cm³/mol. The van der Waals surface area contributed by atoms with Gasteiger partial charge in [0.2, 0.25) is 0 Å². The van der Waals surface area contributed by atoms with Crippen LogP contribution >= 0.6 is 0 Å². The first kappa shape index (κ1) is 26.7. The summed E-state index contributed by atoms with van der Waals surface area (Å²) < 4.78 is 7.19. The van der Waals surface area contributed by atoms with E-state index in [9.17, 15) is 4.79 Å². The summed E-state index contributed by atoms with van der Waals surface area (Å²) in [5.74, 6) is 1.53. The highest BCUT2D eigenvalue weighted by atomic mass is 16.5. The molecule has 5 aromatic rings. The van der Waals surface area contributed by atoms with Gasteiger partial charge in [0.1, 0.15) is 11.8 Å². The van der Waals surface area contributed by atoms with E-state index >= 15 is 0 Å². The third-order valence-electron chi connectivity index (χ3n) is 8.14. The summed E-state index contributed by atoms with van der Waals surface area (Å²) in [6.45, 7) is 7.88. The van der Waals surface area contributed by atoms with Crippen molar-refractivity contribution < 1.29 is 4.74 Å². The molecule has 6 rings (SSSR count). The number of aryl methyl sites for hydroxylation is 4. The molecule has 2 aromatic heterocycles. The minimum atomic E-state index is -0.383. The summed E-state index contributed by atoms with van der Waals surface area (Å²) >= 11 is 0. The average molecular weight is 550 g/mol. The summed E-state index contributed by atoms with van der Waals surface area (Å²) in [4.78, 5) is 21.6. The van der Waals surface area contributed by atoms with E-state index < -0.39 is 0 Å². The first-order valence-electron chi connectivity index (χ1n) is 14.1. The first-order valence-corrected chi connectivity index (χ1v) is 14.1. The zero-order valence-electron chi connectivity index (χ0n) is 23.7. The van der Waals surface area contributed by atoms with Crippen molar-refractivity contribution in [2.24, 2.45) is 0 Å². The molecule has 0 spiro atoms. The number of nitrogens with zero attached hydrogens (tertiary/aromatic N) is 6. The Hall–Kier alpha value is -4.50. The Kier molecular flexibility index (Phi) is 7.52. The van der Waals surface area contributed by atoms with Crippen LogP contribution in [0.25, 0.3) is 10.9 Å². The molecule has 1 saturated heterocycles. The van der Waals surface area contributed by atoms with Gasteiger partial charge < -0.3 is 14.6 Å². The smallest absolute Gasteiger partial charge is 0.253 e. The highest BCUT2D eigenvalue weighted by Crippen LogP contribution is 2.30. The fourth-order valence-corrected chi connectivity index (χ4v) is 5.77. The Morgan fingerprint density at radius 1 is 0.927 bits per heavy atom. The van der Waals surface area contributed by atoms with Crippen LogP contribution in [0.4, 0.5) is 5.69 Å². The van der Waals surface area contributed by atoms with Crippen LogP contribution in [0.3, 0.4) is 0 Å². The highest BCUT2D eigenvalue weighted by molar-refractivity contribution is 5.85. The molecule has 1 aliphatic rings. The molecule has 210 valence electrons. The monoisotopic (exact) mass is 549 g/mol. The van der Waals surface area contributed by atoms with E-state index in [1.54, 1.807) is 7.11 Å². The number of nitrogens with one attached hydrogen (secondary N) is 1. The van der Waals surface area contributed by atoms with Gasteiger partial charge in [0.05, 0.1) is 12.6 Å². The minimum absolute atomic E-state index is 0.105. The van der Waals surface area contributed by atoms with Crippen LogP contribution in [0.5, 0.6) is 5.75 Å². The number of rotatable bonds is 8. The molecule has 3 heterocycles. The van der Waals surface area contributed by atoms with Gasteiger partial charge in [-0.1, -0.05) is 42.5 Å². The lowest BCUT2D eigenvalue weighted by Gasteiger charge is -2.39. The molecule has 1 N–H and O–H groups in total. The van der Waals surface area contributed by atoms with E-state index in [0.717, 1.165) is 66.1 Å². The van der Waals surface area contributed by atoms with Crippen LogP contribution in [0.15, 0.2) is 77.6 Å². The lowest BCUT2D eigenvalue weighted by Crippen LogP contribution is -2.49. The van der Waals surface area contributed by atoms with Crippen LogP contribution in [0.1, 0.15) is 34.1 Å². The molecule has 0 unspecified atom stereocenters. The molecular weight excluding hydrogens is 514 g/mol. The standard InChI is InChI=1S/C32H35N7O2/c1-22-9-10-23(2)29-27(22)21-28(32(40)33-29)30(31-34-35-36-39(31)16-15-24-7-5-4-6-8-24)38-19-17-37(18-20-38)25-11-13-26(41-3)14-12-25/h4-14,21,30H,15-20H2,1-3H3,(H,33,40)/t30-/m0/s1. The Balaban J connectivity index is 1.35. The number of aromatic amines is 1. The van der Waals surface area contributed by atoms with Gasteiger partial charge in [0, 0.05) is 49.4 Å². The number of fused-ring (bicyclic) bond motifs is 1. The summed E-state index contributed by atoms with van der Waals surface area (Å²) in [6, 6.07) is 24.3. The molecule has 41 heavy (non-hydrogen) atoms. The molecule has 1 fully saturated rings. The van der Waals surface area contributed by atoms with Gasteiger partial charge in [-0.3, -0.25) is 9.69 Å². The van der Waals surface area contributed by atoms with Gasteiger partial charge in [-0.2, -0.15) is 0 Å². The predicted octanol–water partition coefficient (Wildman–Crippen LogP) is 4.29. The lowest BCUT2D eigenvalue weighted by atomic mass is 9.99. The number of piperazine rings is 1. The molecule has 0 saturated carbocycles. The van der Waals surface area contributed by atoms with E-state index in [0.29, 0.717) is 17.9 Å². The van der Waals surface area contributed by atoms with E-state index in [1.165, 1.54) is 5.56 Å². The molecule has 1 aliphatic heterocycles. The normalized spacial score (nSPS) is 14.9. The molecule has 9 nitrogen and oxygen atoms in total. The number of anilines is 1. The quantitative estimate of drug-likeness (QED) is 0.309. The van der Waals surface area contributed by atoms with Crippen LogP contribution in [0.2, 0.25) is 0 Å². The fourth-order valence-electron chi connectivity index (χ4n) is 5.77. The maximum Gasteiger partial charge on any atom is 0.253 e. The Bertz CT molecular complexity index is 1690. The van der Waals surface area contributed by atoms with Crippen molar-refractivity contribution in [2.45, 2.75) is 32.9 Å². The van der Waals surface area contributed by atoms with Crippen LogP contribution < -0.4 is 15.2 Å². The maximum absolute atomic E-state index is 13.7. The molecule has 0 bridgehead atoms. The van der Waals surface area contributed by atoms with Crippen LogP contribution in [-0.4, -0.2) is 63.4 Å². The third-order valence-corrected chi connectivity index (χ3v) is 8.14. The SMILES string of the molecule is COc1ccc(N2CCN([C@@H](c3cc4c(C)ccc(C)c4[nH]c3=O)c3nnnn3CCc3ccccc3)CC2)cc1. The second-order valence-corrected chi connectivity index (χ2v) is 10.7. The number of aromatic nitrogens is 5. The maximum atomic E-state index is 13.7. The van der Waals surface area contributed by atoms with Crippen molar-refractivity contribution in [1.29, 1.82) is 0 Å². The second-order valence-electron chi connectivity index (χ2n) is 10.7. The van der Waals surface area contributed by atoms with E-state index in [2.05, 4.69) is 67.6 Å². The van der Waals surface area contributed by atoms with Crippen molar-refractivity contribution in [3.63, 3.8) is 0 Å². The third kappa shape index (κ3) is 5.45. The summed E-state index contributed by atoms with van der Waals surface area (Å²) in [5, 5.41) is 14.0. The van der Waals surface area contributed by atoms with Crippen molar-refractivity contribution >= 4 is 16.6 Å². The number of ether oxygens (including phenoxy) is 1. The number of hydrogen-bond acceptors (Lipinski definition) is 7. The summed E-state index contributed by atoms with van der Waals surface area (Å²) in [6.07, 6.45) is 0.795. The average Bonchev–Trinajstić information content (AvgIpc) is 3.48. The number of methoxy groups -OCH3 is 1. The van der Waals surface area contributed by atoms with Gasteiger partial charge in [-0.25, -0.2) is 4.68 Å². The largest absolute Gasteiger partial charge is 0.497 e. The zero-order chi connectivity index (χ0) is 28.3. The number of benzene rings is 3. The summed E-state index contributed by atoms with van der Waals surface area (Å²) in [5.41, 5.74) is 5.98. The molecule has 0 amide bonds. The highest BCUT2D eigenvalue weighted by Gasteiger charge is 2.33. The van der Waals surface area contributed by atoms with Crippen LogP contribution in [0, 0.1) is 13.8 Å². The fraction of sp³-hybridized carbons (Fsp3) is 0.312. The van der Waals surface area contributed by atoms with E-state index in [-0.39, 0.29) is 11.6 Å². The molecule has 9 heteroatoms. The van der Waals surface area contributed by atoms with Gasteiger partial charge in [-0.15, -0.1) is 5.10 Å². The Morgan fingerprint density at radius 3 is 2.39 bits per heavy atom.